The summed E-state index contributed by atoms with van der Waals surface area (Å²) >= 11 is 0. The van der Waals surface area contributed by atoms with E-state index in [0.29, 0.717) is 19.0 Å². The summed E-state index contributed by atoms with van der Waals surface area (Å²) in [7, 11) is 0. The van der Waals surface area contributed by atoms with Gasteiger partial charge in [0.1, 0.15) is 0 Å². The van der Waals surface area contributed by atoms with Crippen LogP contribution in [0.4, 0.5) is 0 Å². The van der Waals surface area contributed by atoms with E-state index in [1.54, 1.807) is 0 Å². The predicted molar refractivity (Wildman–Crippen MR) is 79.2 cm³/mol. The standard InChI is InChI=1S/C16H19N3O/c20-16(19-15-3-4-15)6-8-17-10-12-1-2-14-11-18-7-5-13(14)9-12/h1-2,5,7,9,11,15,17H,3-4,6,8,10H2,(H,19,20). The molecule has 4 nitrogen and oxygen atoms in total. The monoisotopic (exact) mass is 269 g/mol. The molecule has 104 valence electrons. The van der Waals surface area contributed by atoms with Crippen molar-refractivity contribution < 1.29 is 4.79 Å². The SMILES string of the molecule is O=C(CCNCc1ccc2cnccc2c1)NC1CC1. The first-order valence-corrected chi connectivity index (χ1v) is 7.14. The number of nitrogens with zero attached hydrogens (tertiary/aromatic N) is 1. The second-order valence-corrected chi connectivity index (χ2v) is 5.33. The van der Waals surface area contributed by atoms with Gasteiger partial charge in [-0.05, 0) is 35.9 Å². The lowest BCUT2D eigenvalue weighted by atomic mass is 10.1. The van der Waals surface area contributed by atoms with Crippen molar-refractivity contribution in [3.8, 4) is 0 Å². The fourth-order valence-electron chi connectivity index (χ4n) is 2.20. The third-order valence-electron chi connectivity index (χ3n) is 3.51. The number of nitrogens with one attached hydrogen (secondary N) is 2. The Balaban J connectivity index is 1.45. The molecule has 0 atom stereocenters. The van der Waals surface area contributed by atoms with Crippen LogP contribution in [-0.4, -0.2) is 23.5 Å². The minimum atomic E-state index is 0.157. The molecule has 4 heteroatoms. The molecule has 1 amide bonds. The first-order valence-electron chi connectivity index (χ1n) is 7.14. The summed E-state index contributed by atoms with van der Waals surface area (Å²) in [6.45, 7) is 1.50. The summed E-state index contributed by atoms with van der Waals surface area (Å²) in [5.41, 5.74) is 1.23. The van der Waals surface area contributed by atoms with Gasteiger partial charge in [0.25, 0.3) is 0 Å². The van der Waals surface area contributed by atoms with Gasteiger partial charge < -0.3 is 10.6 Å². The molecule has 1 aliphatic carbocycles. The van der Waals surface area contributed by atoms with Crippen molar-refractivity contribution in [1.29, 1.82) is 0 Å². The van der Waals surface area contributed by atoms with Gasteiger partial charge in [-0.1, -0.05) is 12.1 Å². The molecular formula is C16H19N3O. The van der Waals surface area contributed by atoms with Gasteiger partial charge in [-0.25, -0.2) is 0 Å². The van der Waals surface area contributed by atoms with Crippen LogP contribution >= 0.6 is 0 Å². The first-order chi connectivity index (χ1) is 9.81. The molecule has 0 radical (unpaired) electrons. The van der Waals surface area contributed by atoms with Crippen LogP contribution in [0.1, 0.15) is 24.8 Å². The number of rotatable bonds is 6. The highest BCUT2D eigenvalue weighted by Crippen LogP contribution is 2.18. The van der Waals surface area contributed by atoms with Crippen molar-refractivity contribution in [3.05, 3.63) is 42.2 Å². The van der Waals surface area contributed by atoms with Gasteiger partial charge in [-0.15, -0.1) is 0 Å². The van der Waals surface area contributed by atoms with E-state index in [1.807, 2.05) is 18.5 Å². The molecule has 1 saturated carbocycles. The zero-order valence-electron chi connectivity index (χ0n) is 11.4. The Morgan fingerprint density at radius 3 is 3.00 bits per heavy atom. The van der Waals surface area contributed by atoms with E-state index >= 15 is 0 Å². The molecule has 1 aliphatic rings. The second-order valence-electron chi connectivity index (χ2n) is 5.33. The average molecular weight is 269 g/mol. The molecule has 2 N–H and O–H groups in total. The number of carbonyl (C=O) groups excluding carboxylic acids is 1. The predicted octanol–water partition coefficient (Wildman–Crippen LogP) is 1.99. The quantitative estimate of drug-likeness (QED) is 0.789. The number of carbonyl (C=O) groups is 1. The van der Waals surface area contributed by atoms with Crippen LogP contribution in [0.5, 0.6) is 0 Å². The Bertz CT molecular complexity index is 607. The fraction of sp³-hybridized carbons (Fsp3) is 0.375. The smallest absolute Gasteiger partial charge is 0.221 e. The van der Waals surface area contributed by atoms with Gasteiger partial charge in [0.2, 0.25) is 5.91 Å². The van der Waals surface area contributed by atoms with E-state index in [9.17, 15) is 4.79 Å². The Morgan fingerprint density at radius 2 is 2.15 bits per heavy atom. The van der Waals surface area contributed by atoms with Gasteiger partial charge in [-0.3, -0.25) is 9.78 Å². The largest absolute Gasteiger partial charge is 0.353 e. The van der Waals surface area contributed by atoms with Crippen molar-refractivity contribution in [2.75, 3.05) is 6.54 Å². The molecule has 0 spiro atoms. The molecule has 1 fully saturated rings. The maximum atomic E-state index is 11.5. The van der Waals surface area contributed by atoms with Crippen LogP contribution in [0.15, 0.2) is 36.7 Å². The van der Waals surface area contributed by atoms with Crippen LogP contribution in [-0.2, 0) is 11.3 Å². The van der Waals surface area contributed by atoms with Crippen LogP contribution in [0.25, 0.3) is 10.8 Å². The number of pyridine rings is 1. The highest BCUT2D eigenvalue weighted by atomic mass is 16.1. The number of hydrogen-bond donors (Lipinski definition) is 2. The van der Waals surface area contributed by atoms with Crippen LogP contribution in [0.2, 0.25) is 0 Å². The van der Waals surface area contributed by atoms with Crippen LogP contribution in [0.3, 0.4) is 0 Å². The Kier molecular flexibility index (Phi) is 3.92. The van der Waals surface area contributed by atoms with Crippen molar-refractivity contribution in [3.63, 3.8) is 0 Å². The number of benzene rings is 1. The molecular weight excluding hydrogens is 250 g/mol. The molecule has 0 saturated heterocycles. The van der Waals surface area contributed by atoms with E-state index in [-0.39, 0.29) is 5.91 Å². The van der Waals surface area contributed by atoms with Crippen molar-refractivity contribution in [1.82, 2.24) is 15.6 Å². The van der Waals surface area contributed by atoms with Gasteiger partial charge in [0, 0.05) is 43.3 Å². The number of hydrogen-bond acceptors (Lipinski definition) is 3. The van der Waals surface area contributed by atoms with E-state index < -0.39 is 0 Å². The Labute approximate surface area is 118 Å². The molecule has 1 aromatic heterocycles. The molecule has 2 aromatic rings. The van der Waals surface area contributed by atoms with Crippen molar-refractivity contribution >= 4 is 16.7 Å². The maximum absolute atomic E-state index is 11.5. The molecule has 20 heavy (non-hydrogen) atoms. The molecule has 3 rings (SSSR count). The van der Waals surface area contributed by atoms with Crippen LogP contribution in [0, 0.1) is 0 Å². The third-order valence-corrected chi connectivity index (χ3v) is 3.51. The van der Waals surface area contributed by atoms with Gasteiger partial charge >= 0.3 is 0 Å². The minimum absolute atomic E-state index is 0.157. The molecule has 0 unspecified atom stereocenters. The number of fused-ring (bicyclic) bond motifs is 1. The van der Waals surface area contributed by atoms with Gasteiger partial charge in [0.15, 0.2) is 0 Å². The summed E-state index contributed by atoms with van der Waals surface area (Å²) in [6, 6.07) is 8.81. The maximum Gasteiger partial charge on any atom is 0.221 e. The molecule has 0 bridgehead atoms. The lowest BCUT2D eigenvalue weighted by Gasteiger charge is -2.06. The zero-order chi connectivity index (χ0) is 13.8. The van der Waals surface area contributed by atoms with E-state index in [0.717, 1.165) is 24.8 Å². The molecule has 1 heterocycles. The van der Waals surface area contributed by atoms with Crippen molar-refractivity contribution in [2.45, 2.75) is 31.8 Å². The Hall–Kier alpha value is -1.94. The van der Waals surface area contributed by atoms with E-state index in [2.05, 4.69) is 33.8 Å². The van der Waals surface area contributed by atoms with E-state index in [4.69, 9.17) is 0 Å². The summed E-state index contributed by atoms with van der Waals surface area (Å²) in [5, 5.41) is 8.66. The molecule has 0 aliphatic heterocycles. The van der Waals surface area contributed by atoms with Gasteiger partial charge in [0.05, 0.1) is 0 Å². The topological polar surface area (TPSA) is 54.0 Å². The summed E-state index contributed by atoms with van der Waals surface area (Å²) < 4.78 is 0. The second kappa shape index (κ2) is 6.01. The first kappa shape index (κ1) is 13.1. The average Bonchev–Trinajstić information content (AvgIpc) is 3.27. The third kappa shape index (κ3) is 3.54. The number of amides is 1. The fourth-order valence-corrected chi connectivity index (χ4v) is 2.20. The van der Waals surface area contributed by atoms with Gasteiger partial charge in [-0.2, -0.15) is 0 Å². The highest BCUT2D eigenvalue weighted by molar-refractivity contribution is 5.82. The Morgan fingerprint density at radius 1 is 1.25 bits per heavy atom. The molecule has 1 aromatic carbocycles. The lowest BCUT2D eigenvalue weighted by molar-refractivity contribution is -0.121. The zero-order valence-corrected chi connectivity index (χ0v) is 11.4. The highest BCUT2D eigenvalue weighted by Gasteiger charge is 2.22. The lowest BCUT2D eigenvalue weighted by Crippen LogP contribution is -2.28. The van der Waals surface area contributed by atoms with Crippen molar-refractivity contribution in [2.24, 2.45) is 0 Å². The van der Waals surface area contributed by atoms with E-state index in [1.165, 1.54) is 10.9 Å². The summed E-state index contributed by atoms with van der Waals surface area (Å²) in [4.78, 5) is 15.6. The number of aromatic nitrogens is 1. The summed E-state index contributed by atoms with van der Waals surface area (Å²) in [6.07, 6.45) is 6.51. The minimum Gasteiger partial charge on any atom is -0.353 e. The summed E-state index contributed by atoms with van der Waals surface area (Å²) in [5.74, 6) is 0.157. The van der Waals surface area contributed by atoms with Crippen LogP contribution < -0.4 is 10.6 Å². The normalized spacial score (nSPS) is 14.4.